The number of hydrogen-bond donors (Lipinski definition) is 2. The SMILES string of the molecule is CCOC1CC(NC(=O)C(CC)Oc2ccccc2Cl)(C(=O)O)C1(C)C. The maximum atomic E-state index is 12.8. The Hall–Kier alpha value is -1.79. The second-order valence-corrected chi connectivity index (χ2v) is 7.42. The van der Waals surface area contributed by atoms with Crippen LogP contribution in [0.3, 0.4) is 0 Å². The van der Waals surface area contributed by atoms with Crippen molar-refractivity contribution in [3.8, 4) is 5.75 Å². The van der Waals surface area contributed by atoms with E-state index < -0.39 is 28.9 Å². The Morgan fingerprint density at radius 2 is 2.00 bits per heavy atom. The number of halogens is 1. The Morgan fingerprint density at radius 3 is 2.50 bits per heavy atom. The maximum absolute atomic E-state index is 12.8. The molecule has 2 rings (SSSR count). The van der Waals surface area contributed by atoms with Crippen LogP contribution in [-0.4, -0.2) is 41.3 Å². The lowest BCUT2D eigenvalue weighted by molar-refractivity contribution is -0.195. The summed E-state index contributed by atoms with van der Waals surface area (Å²) >= 11 is 6.08. The third-order valence-electron chi connectivity index (χ3n) is 5.24. The van der Waals surface area contributed by atoms with Gasteiger partial charge in [0.25, 0.3) is 5.91 Å². The summed E-state index contributed by atoms with van der Waals surface area (Å²) in [7, 11) is 0. The van der Waals surface area contributed by atoms with Crippen LogP contribution in [0, 0.1) is 5.41 Å². The van der Waals surface area contributed by atoms with E-state index in [9.17, 15) is 14.7 Å². The third kappa shape index (κ3) is 3.53. The summed E-state index contributed by atoms with van der Waals surface area (Å²) in [5.74, 6) is -1.15. The number of aliphatic carboxylic acids is 1. The van der Waals surface area contributed by atoms with E-state index in [1.807, 2.05) is 6.92 Å². The summed E-state index contributed by atoms with van der Waals surface area (Å²) in [5, 5.41) is 12.9. The quantitative estimate of drug-likeness (QED) is 0.719. The highest BCUT2D eigenvalue weighted by atomic mass is 35.5. The van der Waals surface area contributed by atoms with Gasteiger partial charge in [-0.15, -0.1) is 0 Å². The van der Waals surface area contributed by atoms with Gasteiger partial charge in [0.15, 0.2) is 6.10 Å². The number of para-hydroxylation sites is 1. The first-order chi connectivity index (χ1) is 12.2. The van der Waals surface area contributed by atoms with Crippen LogP contribution in [0.2, 0.25) is 5.02 Å². The van der Waals surface area contributed by atoms with Gasteiger partial charge in [-0.3, -0.25) is 4.79 Å². The number of carboxylic acid groups (broad SMARTS) is 1. The highest BCUT2D eigenvalue weighted by Crippen LogP contribution is 2.51. The van der Waals surface area contributed by atoms with Crippen molar-refractivity contribution in [2.75, 3.05) is 6.61 Å². The van der Waals surface area contributed by atoms with Crippen molar-refractivity contribution < 1.29 is 24.2 Å². The van der Waals surface area contributed by atoms with Crippen LogP contribution in [0.5, 0.6) is 5.75 Å². The number of amides is 1. The van der Waals surface area contributed by atoms with Crippen LogP contribution in [0.25, 0.3) is 0 Å². The van der Waals surface area contributed by atoms with E-state index in [0.29, 0.717) is 23.8 Å². The Morgan fingerprint density at radius 1 is 1.35 bits per heavy atom. The van der Waals surface area contributed by atoms with Gasteiger partial charge >= 0.3 is 5.97 Å². The van der Waals surface area contributed by atoms with Gasteiger partial charge in [-0.05, 0) is 25.5 Å². The zero-order valence-corrected chi connectivity index (χ0v) is 16.3. The molecule has 0 aromatic heterocycles. The number of nitrogens with one attached hydrogen (secondary N) is 1. The highest BCUT2D eigenvalue weighted by Gasteiger charge is 2.66. The summed E-state index contributed by atoms with van der Waals surface area (Å²) in [5.41, 5.74) is -2.13. The van der Waals surface area contributed by atoms with Crippen LogP contribution >= 0.6 is 11.6 Å². The fraction of sp³-hybridized carbons (Fsp3) is 0.579. The number of carboxylic acids is 1. The highest BCUT2D eigenvalue weighted by molar-refractivity contribution is 6.32. The topological polar surface area (TPSA) is 84.9 Å². The molecule has 1 aromatic rings. The molecule has 1 aromatic carbocycles. The molecule has 0 saturated heterocycles. The van der Waals surface area contributed by atoms with Crippen LogP contribution in [-0.2, 0) is 14.3 Å². The summed E-state index contributed by atoms with van der Waals surface area (Å²) in [6.45, 7) is 7.73. The molecule has 3 unspecified atom stereocenters. The minimum atomic E-state index is -1.39. The number of carbonyl (C=O) groups excluding carboxylic acids is 1. The Kier molecular flexibility index (Phi) is 6.19. The van der Waals surface area contributed by atoms with Gasteiger partial charge in [0.1, 0.15) is 11.3 Å². The largest absolute Gasteiger partial charge is 0.479 e. The van der Waals surface area contributed by atoms with Crippen molar-refractivity contribution in [3.63, 3.8) is 0 Å². The molecule has 7 heteroatoms. The predicted molar refractivity (Wildman–Crippen MR) is 98.5 cm³/mol. The first kappa shape index (κ1) is 20.5. The van der Waals surface area contributed by atoms with E-state index >= 15 is 0 Å². The smallest absolute Gasteiger partial charge is 0.330 e. The van der Waals surface area contributed by atoms with Gasteiger partial charge in [-0.1, -0.05) is 44.5 Å². The monoisotopic (exact) mass is 383 g/mol. The number of carbonyl (C=O) groups is 2. The zero-order chi connectivity index (χ0) is 19.5. The second kappa shape index (κ2) is 7.84. The van der Waals surface area contributed by atoms with Gasteiger partial charge in [-0.25, -0.2) is 4.79 Å². The van der Waals surface area contributed by atoms with E-state index in [4.69, 9.17) is 21.1 Å². The van der Waals surface area contributed by atoms with Crippen LogP contribution in [0.4, 0.5) is 0 Å². The van der Waals surface area contributed by atoms with Crippen molar-refractivity contribution in [1.82, 2.24) is 5.32 Å². The summed E-state index contributed by atoms with van der Waals surface area (Å²) < 4.78 is 11.3. The molecule has 1 fully saturated rings. The molecule has 1 saturated carbocycles. The molecule has 1 amide bonds. The van der Waals surface area contributed by atoms with Gasteiger partial charge in [0.2, 0.25) is 0 Å². The first-order valence-corrected chi connectivity index (χ1v) is 9.15. The minimum absolute atomic E-state index is 0.220. The number of rotatable bonds is 8. The molecule has 0 radical (unpaired) electrons. The van der Waals surface area contributed by atoms with Crippen molar-refractivity contribution >= 4 is 23.5 Å². The zero-order valence-electron chi connectivity index (χ0n) is 15.5. The minimum Gasteiger partial charge on any atom is -0.479 e. The van der Waals surface area contributed by atoms with Crippen molar-refractivity contribution in [2.24, 2.45) is 5.41 Å². The molecule has 0 bridgehead atoms. The molecule has 1 aliphatic carbocycles. The van der Waals surface area contributed by atoms with Crippen molar-refractivity contribution in [3.05, 3.63) is 29.3 Å². The number of ether oxygens (including phenoxy) is 2. The Labute approximate surface area is 158 Å². The molecular weight excluding hydrogens is 358 g/mol. The summed E-state index contributed by atoms with van der Waals surface area (Å²) in [4.78, 5) is 24.8. The molecule has 26 heavy (non-hydrogen) atoms. The normalized spacial score (nSPS) is 25.0. The fourth-order valence-electron chi connectivity index (χ4n) is 3.34. The number of hydrogen-bond acceptors (Lipinski definition) is 4. The third-order valence-corrected chi connectivity index (χ3v) is 5.55. The average molecular weight is 384 g/mol. The van der Waals surface area contributed by atoms with Gasteiger partial charge < -0.3 is 19.9 Å². The molecule has 2 N–H and O–H groups in total. The lowest BCUT2D eigenvalue weighted by atomic mass is 9.54. The van der Waals surface area contributed by atoms with E-state index in [-0.39, 0.29) is 12.5 Å². The van der Waals surface area contributed by atoms with Crippen LogP contribution < -0.4 is 10.1 Å². The van der Waals surface area contributed by atoms with Crippen molar-refractivity contribution in [2.45, 2.75) is 58.3 Å². The second-order valence-electron chi connectivity index (χ2n) is 7.01. The Balaban J connectivity index is 2.17. The lowest BCUT2D eigenvalue weighted by Gasteiger charge is -2.58. The molecule has 0 spiro atoms. The molecule has 3 atom stereocenters. The van der Waals surface area contributed by atoms with E-state index in [0.717, 1.165) is 0 Å². The Bertz CT molecular complexity index is 678. The molecule has 0 aliphatic heterocycles. The summed E-state index contributed by atoms with van der Waals surface area (Å²) in [6.07, 6.45) is -0.471. The van der Waals surface area contributed by atoms with Gasteiger partial charge in [0, 0.05) is 18.4 Å². The lowest BCUT2D eigenvalue weighted by Crippen LogP contribution is -2.76. The van der Waals surface area contributed by atoms with Gasteiger partial charge in [0.05, 0.1) is 11.1 Å². The molecule has 6 nitrogen and oxygen atoms in total. The van der Waals surface area contributed by atoms with E-state index in [2.05, 4.69) is 5.32 Å². The number of benzene rings is 1. The van der Waals surface area contributed by atoms with E-state index in [1.54, 1.807) is 45.0 Å². The van der Waals surface area contributed by atoms with Crippen LogP contribution in [0.1, 0.15) is 40.5 Å². The average Bonchev–Trinajstić information content (AvgIpc) is 2.59. The van der Waals surface area contributed by atoms with Crippen LogP contribution in [0.15, 0.2) is 24.3 Å². The molecule has 144 valence electrons. The first-order valence-electron chi connectivity index (χ1n) is 8.77. The van der Waals surface area contributed by atoms with Gasteiger partial charge in [-0.2, -0.15) is 0 Å². The maximum Gasteiger partial charge on any atom is 0.330 e. The summed E-state index contributed by atoms with van der Waals surface area (Å²) in [6, 6.07) is 6.86. The van der Waals surface area contributed by atoms with Crippen molar-refractivity contribution in [1.29, 1.82) is 0 Å². The molecule has 1 aliphatic rings. The predicted octanol–water partition coefficient (Wildman–Crippen LogP) is 3.27. The molecule has 0 heterocycles. The molecular formula is C19H26ClNO5. The van der Waals surface area contributed by atoms with E-state index in [1.165, 1.54) is 0 Å². The standard InChI is InChI=1S/C19H26ClNO5/c1-5-13(26-14-10-8-7-9-12(14)20)16(22)21-19(17(23)24)11-15(25-6-2)18(19,3)4/h7-10,13,15H,5-6,11H2,1-4H3,(H,21,22)(H,23,24). The fourth-order valence-corrected chi connectivity index (χ4v) is 3.52.